The molecular weight excluding hydrogens is 1550 g/mol. The number of pyridine rings is 4. The van der Waals surface area contributed by atoms with Crippen LogP contribution in [0.3, 0.4) is 0 Å². The monoisotopic (exact) mass is 1700 g/mol. The quantitative estimate of drug-likeness (QED) is 0.0336. The van der Waals surface area contributed by atoms with Crippen molar-refractivity contribution in [1.82, 2.24) is 81.2 Å². The molecule has 0 radical (unpaired) electrons. The number of carbonyl (C=O) groups is 2. The van der Waals surface area contributed by atoms with E-state index in [1.54, 1.807) is 22.3 Å². The Morgan fingerprint density at radius 1 is 0.325 bits per heavy atom. The predicted molar refractivity (Wildman–Crippen MR) is 510 cm³/mol. The number of likely N-dealkylation sites (tertiary alicyclic amines) is 2. The van der Waals surface area contributed by atoms with Crippen LogP contribution in [0, 0.1) is 0 Å². The summed E-state index contributed by atoms with van der Waals surface area (Å²) in [5.41, 5.74) is 28.3. The molecule has 0 amide bonds. The van der Waals surface area contributed by atoms with Crippen LogP contribution < -0.4 is 31.9 Å². The molecule has 4 aromatic carbocycles. The number of piperidine rings is 2. The van der Waals surface area contributed by atoms with Crippen molar-refractivity contribution < 1.29 is 9.59 Å². The number of ketones is 2. The fourth-order valence-electron chi connectivity index (χ4n) is 24.2. The second-order valence-corrected chi connectivity index (χ2v) is 40.0. The zero-order valence-electron chi connectivity index (χ0n) is 77.2. The number of aromatic nitrogens is 4. The van der Waals surface area contributed by atoms with Crippen molar-refractivity contribution in [3.8, 4) is 0 Å². The number of Topliss-reactive ketones (excluding diaryl/α,β-unsaturated/α-hetero) is 2. The highest BCUT2D eigenvalue weighted by atomic mass is 16.1. The van der Waals surface area contributed by atoms with Gasteiger partial charge in [-0.3, -0.25) is 49.1 Å². The van der Waals surface area contributed by atoms with Gasteiger partial charge >= 0.3 is 0 Å². The molecule has 18 nitrogen and oxygen atoms in total. The van der Waals surface area contributed by atoms with E-state index < -0.39 is 0 Å². The number of nitrogens with zero attached hydrogens (tertiary/aromatic N) is 10. The van der Waals surface area contributed by atoms with Gasteiger partial charge in [0.1, 0.15) is 11.6 Å². The van der Waals surface area contributed by atoms with Crippen LogP contribution >= 0.6 is 0 Å². The molecule has 4 fully saturated rings. The maximum Gasteiger partial charge on any atom is 0.138 e. The number of aryl methyl sites for hydroxylation is 4. The summed E-state index contributed by atoms with van der Waals surface area (Å²) in [6.07, 6.45) is 44.3. The van der Waals surface area contributed by atoms with Crippen molar-refractivity contribution in [2.75, 3.05) is 94.6 Å². The molecule has 8 aromatic rings. The first-order valence-corrected chi connectivity index (χ1v) is 49.5. The molecule has 18 heteroatoms. The van der Waals surface area contributed by atoms with Crippen LogP contribution in [0.1, 0.15) is 264 Å². The SMILES string of the molecule is CN(C[C@@H]1Cc2c(cccc2CC2CCCCN2)CN1)[C@H]1CCCc2cccnc21.CN(C[C@H]1Cc2c(cccc2CC2CCCCN2)CN1)[C@H]1CCCc2cccnc21.CN1CCCC1CC(=O)Cc1cccc2c1C[C@@H](CN(C)[C@H]1CCCc3cccnc31)NC2.CN1CCCC1CC(=O)Cc1cccc2c1C[C@H](CN(C)[C@H]1CCCc3cccnc31)NC2. The fraction of sp³-hybridized carbons (Fsp3) is 0.574. The Kier molecular flexibility index (Phi) is 31.4. The summed E-state index contributed by atoms with van der Waals surface area (Å²) in [6.45, 7) is 12.6. The van der Waals surface area contributed by atoms with Gasteiger partial charge in [0.25, 0.3) is 0 Å². The smallest absolute Gasteiger partial charge is 0.138 e. The Morgan fingerprint density at radius 3 is 0.905 bits per heavy atom. The number of nitrogens with one attached hydrogen (secondary N) is 6. The molecule has 126 heavy (non-hydrogen) atoms. The molecule has 4 aromatic heterocycles. The Labute approximate surface area is 754 Å². The number of carbonyl (C=O) groups excluding carboxylic acids is 2. The molecule has 4 aliphatic carbocycles. The van der Waals surface area contributed by atoms with Crippen LogP contribution in [0.4, 0.5) is 0 Å². The van der Waals surface area contributed by atoms with Crippen molar-refractivity contribution in [3.05, 3.63) is 258 Å². The molecule has 0 saturated carbocycles. The highest BCUT2D eigenvalue weighted by Gasteiger charge is 2.36. The standard InChI is InChI=1S/2C28H38N4O.2C26H36N4/c2*1-31-14-6-11-24(31)17-25(33)15-21-8-3-9-22-18-30-23(16-26(21)22)19-32(2)27-12-4-7-20-10-5-13-29-28(20)27;2*1-30(25-12-5-7-19-10-6-14-28-26(19)25)18-23-16-24-20(8-4-9-21(24)17-29-23)15-22-11-2-3-13-27-22/h2*3,5,8-10,13,23-24,27,30H,4,6-7,11-12,14-19H2,1-2H3;2*4,6,8-10,14,22-23,25,27,29H,2-3,5,7,11-13,15-18H2,1H3/t23-,24?,27+;23-,24?,27-;22?,23-,25+;22?,23-,25-/m1010/s1. The van der Waals surface area contributed by atoms with E-state index in [0.717, 1.165) is 117 Å². The van der Waals surface area contributed by atoms with Crippen LogP contribution in [0.2, 0.25) is 0 Å². The van der Waals surface area contributed by atoms with Crippen LogP contribution in [0.25, 0.3) is 0 Å². The highest BCUT2D eigenvalue weighted by Crippen LogP contribution is 2.39. The lowest BCUT2D eigenvalue weighted by Gasteiger charge is -2.37. The molecular formula is C108H148N16O2. The third-order valence-electron chi connectivity index (χ3n) is 31.2. The minimum atomic E-state index is 0.388. The third kappa shape index (κ3) is 22.8. The van der Waals surface area contributed by atoms with E-state index in [9.17, 15) is 9.59 Å². The second kappa shape index (κ2) is 43.8. The van der Waals surface area contributed by atoms with E-state index in [2.05, 4.69) is 225 Å². The van der Waals surface area contributed by atoms with Crippen molar-refractivity contribution in [3.63, 3.8) is 0 Å². The topological polar surface area (TPSA) is 177 Å². The molecule has 12 atom stereocenters. The molecule has 8 aliphatic heterocycles. The summed E-state index contributed by atoms with van der Waals surface area (Å²) in [6, 6.07) is 50.0. The van der Waals surface area contributed by atoms with Gasteiger partial charge in [-0.05, 0) is 349 Å². The largest absolute Gasteiger partial charge is 0.314 e. The van der Waals surface area contributed by atoms with Gasteiger partial charge in [0.15, 0.2) is 0 Å². The number of hydrogen-bond donors (Lipinski definition) is 6. The normalized spacial score (nSPS) is 25.7. The zero-order chi connectivity index (χ0) is 86.2. The zero-order valence-corrected chi connectivity index (χ0v) is 77.2. The van der Waals surface area contributed by atoms with Gasteiger partial charge in [0.2, 0.25) is 0 Å². The van der Waals surface area contributed by atoms with Crippen LogP contribution in [0.15, 0.2) is 146 Å². The third-order valence-corrected chi connectivity index (χ3v) is 31.2. The van der Waals surface area contributed by atoms with Crippen molar-refractivity contribution in [1.29, 1.82) is 0 Å². The molecule has 12 heterocycles. The minimum absolute atomic E-state index is 0.388. The van der Waals surface area contributed by atoms with Crippen molar-refractivity contribution in [2.45, 2.75) is 304 Å². The van der Waals surface area contributed by atoms with Crippen molar-refractivity contribution in [2.24, 2.45) is 0 Å². The Hall–Kier alpha value is -7.66. The summed E-state index contributed by atoms with van der Waals surface area (Å²) >= 11 is 0. The summed E-state index contributed by atoms with van der Waals surface area (Å²) in [5, 5.41) is 22.6. The number of likely N-dealkylation sites (N-methyl/N-ethyl adjacent to an activating group) is 4. The highest BCUT2D eigenvalue weighted by molar-refractivity contribution is 5.82. The summed E-state index contributed by atoms with van der Waals surface area (Å²) in [4.78, 5) is 59.7. The summed E-state index contributed by atoms with van der Waals surface area (Å²) in [7, 11) is 13.4. The predicted octanol–water partition coefficient (Wildman–Crippen LogP) is 15.0. The lowest BCUT2D eigenvalue weighted by atomic mass is 9.86. The molecule has 672 valence electrons. The van der Waals surface area contributed by atoms with Gasteiger partial charge in [-0.1, -0.05) is 110 Å². The van der Waals surface area contributed by atoms with E-state index in [4.69, 9.17) is 19.9 Å². The Balaban J connectivity index is 0.000000119. The number of benzene rings is 4. The number of fused-ring (bicyclic) bond motifs is 8. The molecule has 20 rings (SSSR count). The van der Waals surface area contributed by atoms with Crippen LogP contribution in [-0.4, -0.2) is 204 Å². The Bertz CT molecular complexity index is 4600. The average molecular weight is 1700 g/mol. The maximum atomic E-state index is 12.9. The molecule has 0 spiro atoms. The van der Waals surface area contributed by atoms with Gasteiger partial charge in [-0.15, -0.1) is 0 Å². The second-order valence-electron chi connectivity index (χ2n) is 40.0. The van der Waals surface area contributed by atoms with Gasteiger partial charge in [0, 0.05) is 151 Å². The minimum Gasteiger partial charge on any atom is -0.314 e. The first kappa shape index (κ1) is 90.3. The van der Waals surface area contributed by atoms with E-state index >= 15 is 0 Å². The lowest BCUT2D eigenvalue weighted by molar-refractivity contribution is -0.120. The van der Waals surface area contributed by atoms with Gasteiger partial charge in [-0.25, -0.2) is 0 Å². The molecule has 6 N–H and O–H groups in total. The molecule has 0 bridgehead atoms. The summed E-state index contributed by atoms with van der Waals surface area (Å²) in [5.74, 6) is 0.776. The van der Waals surface area contributed by atoms with Crippen LogP contribution in [-0.2, 0) is 113 Å². The van der Waals surface area contributed by atoms with Crippen molar-refractivity contribution >= 4 is 11.6 Å². The first-order valence-electron chi connectivity index (χ1n) is 49.5. The van der Waals surface area contributed by atoms with E-state index in [0.29, 0.717) is 110 Å². The fourth-order valence-corrected chi connectivity index (χ4v) is 24.2. The van der Waals surface area contributed by atoms with Crippen LogP contribution in [0.5, 0.6) is 0 Å². The van der Waals surface area contributed by atoms with E-state index in [1.807, 2.05) is 24.8 Å². The van der Waals surface area contributed by atoms with Gasteiger partial charge < -0.3 is 41.7 Å². The molecule has 4 saturated heterocycles. The Morgan fingerprint density at radius 2 is 0.619 bits per heavy atom. The molecule has 4 unspecified atom stereocenters. The number of rotatable bonds is 24. The number of hydrogen-bond acceptors (Lipinski definition) is 18. The summed E-state index contributed by atoms with van der Waals surface area (Å²) < 4.78 is 0. The lowest BCUT2D eigenvalue weighted by Crippen LogP contribution is -2.45. The van der Waals surface area contributed by atoms with Gasteiger partial charge in [-0.2, -0.15) is 0 Å². The average Bonchev–Trinajstić information content (AvgIpc) is 0.891. The van der Waals surface area contributed by atoms with Gasteiger partial charge in [0.05, 0.1) is 46.9 Å². The maximum absolute atomic E-state index is 12.9. The molecule has 12 aliphatic rings. The van der Waals surface area contributed by atoms with E-state index in [-0.39, 0.29) is 0 Å². The van der Waals surface area contributed by atoms with E-state index in [1.165, 1.54) is 231 Å². The first-order chi connectivity index (χ1) is 61.7.